The molecule has 138 valence electrons. The first-order valence-corrected chi connectivity index (χ1v) is 8.54. The van der Waals surface area contributed by atoms with Crippen molar-refractivity contribution in [3.8, 4) is 0 Å². The van der Waals surface area contributed by atoms with Crippen molar-refractivity contribution >= 4 is 17.9 Å². The maximum Gasteiger partial charge on any atom is 0.410 e. The Hall–Kier alpha value is -3.15. The number of likely N-dealkylation sites (tertiary alicyclic amines) is 1. The number of benzene rings is 2. The van der Waals surface area contributed by atoms with Crippen LogP contribution in [0.3, 0.4) is 0 Å². The van der Waals surface area contributed by atoms with Gasteiger partial charge in [0.25, 0.3) is 11.8 Å². The van der Waals surface area contributed by atoms with Crippen molar-refractivity contribution in [3.63, 3.8) is 0 Å². The smallest absolute Gasteiger partial charge is 0.410 e. The lowest BCUT2D eigenvalue weighted by Crippen LogP contribution is -2.48. The van der Waals surface area contributed by atoms with Crippen LogP contribution in [0.2, 0.25) is 0 Å². The van der Waals surface area contributed by atoms with Crippen molar-refractivity contribution in [2.45, 2.75) is 25.4 Å². The molecule has 6 heteroatoms. The molecule has 6 nitrogen and oxygen atoms in total. The molecule has 27 heavy (non-hydrogen) atoms. The molecule has 0 N–H and O–H groups in total. The van der Waals surface area contributed by atoms with Gasteiger partial charge in [0.05, 0.1) is 11.1 Å². The van der Waals surface area contributed by atoms with E-state index in [1.165, 1.54) is 12.1 Å². The van der Waals surface area contributed by atoms with Gasteiger partial charge in [-0.1, -0.05) is 42.5 Å². The van der Waals surface area contributed by atoms with Crippen LogP contribution in [0.5, 0.6) is 0 Å². The Morgan fingerprint density at radius 3 is 2.11 bits per heavy atom. The summed E-state index contributed by atoms with van der Waals surface area (Å²) in [6.45, 7) is -1.07. The first-order chi connectivity index (χ1) is 14.6. The molecule has 2 aromatic carbocycles. The Balaban J connectivity index is 1.55. The molecule has 2 aliphatic rings. The summed E-state index contributed by atoms with van der Waals surface area (Å²) in [5, 5.41) is 0. The van der Waals surface area contributed by atoms with Crippen molar-refractivity contribution in [1.82, 2.24) is 9.80 Å². The fourth-order valence-electron chi connectivity index (χ4n) is 3.09. The van der Waals surface area contributed by atoms with Crippen molar-refractivity contribution < 1.29 is 24.6 Å². The standard InChI is InChI=1S/C21H20N2O4/c24-19-17-8-4-5-9-18(17)20(25)23(19)16-10-12-22(13-11-16)21(26)27-14-15-6-2-1-3-7-15/h1-9,16H,10-14H2/i10D2,11D2. The van der Waals surface area contributed by atoms with E-state index in [0.29, 0.717) is 4.90 Å². The van der Waals surface area contributed by atoms with Crippen LogP contribution in [0.25, 0.3) is 0 Å². The van der Waals surface area contributed by atoms with Gasteiger partial charge in [-0.05, 0) is 30.4 Å². The minimum Gasteiger partial charge on any atom is -0.445 e. The number of nitrogens with zero attached hydrogens (tertiary/aromatic N) is 2. The zero-order chi connectivity index (χ0) is 22.4. The van der Waals surface area contributed by atoms with Crippen molar-refractivity contribution in [2.24, 2.45) is 0 Å². The van der Waals surface area contributed by atoms with Crippen LogP contribution in [0.4, 0.5) is 4.79 Å². The molecule has 1 saturated heterocycles. The molecule has 0 radical (unpaired) electrons. The topological polar surface area (TPSA) is 66.9 Å². The van der Waals surface area contributed by atoms with Gasteiger partial charge in [-0.2, -0.15) is 0 Å². The fraction of sp³-hybridized carbons (Fsp3) is 0.286. The number of fused-ring (bicyclic) bond motifs is 1. The van der Waals surface area contributed by atoms with E-state index in [1.54, 1.807) is 36.4 Å². The normalized spacial score (nSPS) is 23.1. The number of amides is 3. The number of carbonyl (C=O) groups excluding carboxylic acids is 3. The largest absolute Gasteiger partial charge is 0.445 e. The summed E-state index contributed by atoms with van der Waals surface area (Å²) in [5.74, 6) is -1.48. The number of ether oxygens (including phenoxy) is 1. The molecule has 0 saturated carbocycles. The van der Waals surface area contributed by atoms with Gasteiger partial charge in [0, 0.05) is 24.6 Å². The fourth-order valence-corrected chi connectivity index (χ4v) is 3.09. The van der Waals surface area contributed by atoms with E-state index in [4.69, 9.17) is 10.2 Å². The summed E-state index contributed by atoms with van der Waals surface area (Å²) in [6, 6.07) is 13.3. The molecule has 4 rings (SSSR count). The first kappa shape index (κ1) is 13.1. The highest BCUT2D eigenvalue weighted by atomic mass is 16.6. The Kier molecular flexibility index (Phi) is 3.50. The average molecular weight is 368 g/mol. The zero-order valence-corrected chi connectivity index (χ0v) is 14.4. The molecule has 3 amide bonds. The van der Waals surface area contributed by atoms with Crippen LogP contribution in [-0.4, -0.2) is 46.8 Å². The average Bonchev–Trinajstić information content (AvgIpc) is 2.96. The molecular weight excluding hydrogens is 344 g/mol. The van der Waals surface area contributed by atoms with Crippen molar-refractivity contribution in [3.05, 3.63) is 71.3 Å². The molecule has 2 aliphatic heterocycles. The van der Waals surface area contributed by atoms with E-state index in [2.05, 4.69) is 0 Å². The second kappa shape index (κ2) is 7.23. The highest BCUT2D eigenvalue weighted by Crippen LogP contribution is 2.28. The van der Waals surface area contributed by atoms with Crippen LogP contribution < -0.4 is 0 Å². The first-order valence-electron chi connectivity index (χ1n) is 10.5. The minimum atomic E-state index is -2.39. The molecule has 0 bridgehead atoms. The van der Waals surface area contributed by atoms with Gasteiger partial charge >= 0.3 is 6.09 Å². The Labute approximate surface area is 162 Å². The lowest BCUT2D eigenvalue weighted by Gasteiger charge is -2.35. The summed E-state index contributed by atoms with van der Waals surface area (Å²) >= 11 is 0. The number of piperidine rings is 1. The van der Waals surface area contributed by atoms with Gasteiger partial charge in [0.15, 0.2) is 0 Å². The maximum atomic E-state index is 12.8. The Bertz CT molecular complexity index is 992. The predicted molar refractivity (Wildman–Crippen MR) is 98.2 cm³/mol. The number of carbonyl (C=O) groups is 3. The van der Waals surface area contributed by atoms with Crippen LogP contribution in [0, 0.1) is 0 Å². The maximum absolute atomic E-state index is 12.8. The Morgan fingerprint density at radius 1 is 0.963 bits per heavy atom. The van der Waals surface area contributed by atoms with E-state index >= 15 is 0 Å². The third-order valence-electron chi connectivity index (χ3n) is 4.50. The van der Waals surface area contributed by atoms with Crippen LogP contribution in [0.15, 0.2) is 54.6 Å². The van der Waals surface area contributed by atoms with Gasteiger partial charge in [0.2, 0.25) is 0 Å². The SMILES string of the molecule is [2H]C1([2H])CN(C(=O)OCc2ccccc2)CC([2H])([2H])C1N1C(=O)c2ccccc2C1=O. The summed E-state index contributed by atoms with van der Waals surface area (Å²) in [4.78, 5) is 39.8. The monoisotopic (exact) mass is 368 g/mol. The molecule has 0 aliphatic carbocycles. The lowest BCUT2D eigenvalue weighted by molar-refractivity contribution is 0.0473. The van der Waals surface area contributed by atoms with Crippen LogP contribution in [0.1, 0.15) is 44.5 Å². The highest BCUT2D eigenvalue weighted by Gasteiger charge is 2.41. The molecule has 1 fully saturated rings. The van der Waals surface area contributed by atoms with Gasteiger partial charge in [-0.25, -0.2) is 4.79 Å². The zero-order valence-electron chi connectivity index (χ0n) is 18.4. The lowest BCUT2D eigenvalue weighted by atomic mass is 10.0. The molecule has 0 aromatic heterocycles. The highest BCUT2D eigenvalue weighted by molar-refractivity contribution is 6.21. The van der Waals surface area contributed by atoms with Gasteiger partial charge in [-0.3, -0.25) is 14.5 Å². The van der Waals surface area contributed by atoms with E-state index in [1.807, 2.05) is 6.07 Å². The molecule has 0 unspecified atom stereocenters. The number of hydrogen-bond acceptors (Lipinski definition) is 4. The minimum absolute atomic E-state index is 0.0377. The van der Waals surface area contributed by atoms with Gasteiger partial charge < -0.3 is 9.64 Å². The molecular formula is C21H20N2O4. The van der Waals surface area contributed by atoms with E-state index in [0.717, 1.165) is 10.5 Å². The van der Waals surface area contributed by atoms with Crippen molar-refractivity contribution in [2.75, 3.05) is 13.1 Å². The summed E-state index contributed by atoms with van der Waals surface area (Å²) in [7, 11) is 0. The van der Waals surface area contributed by atoms with E-state index in [9.17, 15) is 14.4 Å². The van der Waals surface area contributed by atoms with E-state index in [-0.39, 0.29) is 17.7 Å². The van der Waals surface area contributed by atoms with Crippen molar-refractivity contribution in [1.29, 1.82) is 0 Å². The molecule has 0 atom stereocenters. The third-order valence-corrected chi connectivity index (χ3v) is 4.50. The molecule has 2 heterocycles. The second-order valence-electron chi connectivity index (χ2n) is 6.23. The van der Waals surface area contributed by atoms with Crippen LogP contribution in [-0.2, 0) is 11.3 Å². The van der Waals surface area contributed by atoms with Crippen LogP contribution >= 0.6 is 0 Å². The Morgan fingerprint density at radius 2 is 1.52 bits per heavy atom. The van der Waals surface area contributed by atoms with Gasteiger partial charge in [-0.15, -0.1) is 0 Å². The number of hydrogen-bond donors (Lipinski definition) is 0. The van der Waals surface area contributed by atoms with Gasteiger partial charge in [0.1, 0.15) is 6.61 Å². The number of rotatable bonds is 3. The number of imide groups is 1. The summed E-state index contributed by atoms with van der Waals surface area (Å²) in [5.41, 5.74) is 0.968. The molecule has 0 spiro atoms. The summed E-state index contributed by atoms with van der Waals surface area (Å²) < 4.78 is 39.0. The molecule has 2 aromatic rings. The van der Waals surface area contributed by atoms with E-state index < -0.39 is 49.8 Å². The predicted octanol–water partition coefficient (Wildman–Crippen LogP) is 3.08. The quantitative estimate of drug-likeness (QED) is 0.781. The second-order valence-corrected chi connectivity index (χ2v) is 6.23. The summed E-state index contributed by atoms with van der Waals surface area (Å²) in [6.07, 6.45) is -5.64. The third kappa shape index (κ3) is 3.30.